The number of methoxy groups -OCH3 is 1. The van der Waals surface area contributed by atoms with E-state index in [0.29, 0.717) is 44.1 Å². The van der Waals surface area contributed by atoms with Crippen LogP contribution >= 0.6 is 11.3 Å². The van der Waals surface area contributed by atoms with Crippen molar-refractivity contribution in [2.24, 2.45) is 0 Å². The van der Waals surface area contributed by atoms with E-state index < -0.39 is 10.0 Å². The van der Waals surface area contributed by atoms with Crippen molar-refractivity contribution in [1.29, 1.82) is 0 Å². The first kappa shape index (κ1) is 20.0. The van der Waals surface area contributed by atoms with Gasteiger partial charge in [0.1, 0.15) is 0 Å². The highest BCUT2D eigenvalue weighted by molar-refractivity contribution is 7.89. The molecule has 1 aromatic carbocycles. The van der Waals surface area contributed by atoms with Crippen molar-refractivity contribution >= 4 is 27.3 Å². The maximum Gasteiger partial charge on any atom is 0.264 e. The van der Waals surface area contributed by atoms with E-state index in [1.165, 1.54) is 15.6 Å². The minimum absolute atomic E-state index is 0.0275. The van der Waals surface area contributed by atoms with Crippen molar-refractivity contribution in [2.75, 3.05) is 45.6 Å². The van der Waals surface area contributed by atoms with Gasteiger partial charge in [0.2, 0.25) is 10.0 Å². The fourth-order valence-corrected chi connectivity index (χ4v) is 5.49. The van der Waals surface area contributed by atoms with Gasteiger partial charge in [-0.15, -0.1) is 11.3 Å². The molecule has 146 valence electrons. The summed E-state index contributed by atoms with van der Waals surface area (Å²) in [6, 6.07) is 11.8. The summed E-state index contributed by atoms with van der Waals surface area (Å²) >= 11 is 1.43. The standard InChI is InChI=1S/C19H24N2O4S2/c1-25-13-5-15-27(23,24)21-11-9-20(10-12-21)19(22)18-17(8-14-26-18)16-6-3-2-4-7-16/h2-4,6-8,14H,5,9-13,15H2,1H3. The number of benzene rings is 1. The van der Waals surface area contributed by atoms with Crippen LogP contribution in [0.1, 0.15) is 16.1 Å². The summed E-state index contributed by atoms with van der Waals surface area (Å²) in [5.41, 5.74) is 1.95. The molecule has 0 radical (unpaired) electrons. The monoisotopic (exact) mass is 408 g/mol. The number of nitrogens with zero attached hydrogens (tertiary/aromatic N) is 2. The van der Waals surface area contributed by atoms with Gasteiger partial charge >= 0.3 is 0 Å². The van der Waals surface area contributed by atoms with E-state index in [-0.39, 0.29) is 11.7 Å². The van der Waals surface area contributed by atoms with Crippen molar-refractivity contribution in [2.45, 2.75) is 6.42 Å². The molecule has 27 heavy (non-hydrogen) atoms. The van der Waals surface area contributed by atoms with Gasteiger partial charge in [-0.05, 0) is 23.4 Å². The fraction of sp³-hybridized carbons (Fsp3) is 0.421. The molecule has 0 bridgehead atoms. The molecule has 0 N–H and O–H groups in total. The number of carbonyl (C=O) groups excluding carboxylic acids is 1. The lowest BCUT2D eigenvalue weighted by molar-refractivity contribution is 0.0703. The van der Waals surface area contributed by atoms with Crippen molar-refractivity contribution in [3.8, 4) is 11.1 Å². The lowest BCUT2D eigenvalue weighted by Gasteiger charge is -2.34. The van der Waals surface area contributed by atoms with Crippen LogP contribution in [0, 0.1) is 0 Å². The number of ether oxygens (including phenoxy) is 1. The van der Waals surface area contributed by atoms with Crippen LogP contribution in [0.25, 0.3) is 11.1 Å². The topological polar surface area (TPSA) is 66.9 Å². The molecule has 3 rings (SSSR count). The third-order valence-corrected chi connectivity index (χ3v) is 7.47. The molecular weight excluding hydrogens is 384 g/mol. The van der Waals surface area contributed by atoms with Gasteiger partial charge in [-0.2, -0.15) is 4.31 Å². The average molecular weight is 409 g/mol. The number of hydrogen-bond donors (Lipinski definition) is 0. The largest absolute Gasteiger partial charge is 0.385 e. The minimum atomic E-state index is -3.29. The zero-order chi connectivity index (χ0) is 19.3. The quantitative estimate of drug-likeness (QED) is 0.661. The van der Waals surface area contributed by atoms with Crippen molar-refractivity contribution < 1.29 is 17.9 Å². The number of hydrogen-bond acceptors (Lipinski definition) is 5. The van der Waals surface area contributed by atoms with Crippen LogP contribution in [0.4, 0.5) is 0 Å². The van der Waals surface area contributed by atoms with Gasteiger partial charge in [-0.25, -0.2) is 8.42 Å². The summed E-state index contributed by atoms with van der Waals surface area (Å²) < 4.78 is 31.2. The zero-order valence-electron chi connectivity index (χ0n) is 15.3. The first-order valence-electron chi connectivity index (χ1n) is 8.92. The van der Waals surface area contributed by atoms with E-state index in [4.69, 9.17) is 4.74 Å². The maximum atomic E-state index is 13.0. The highest BCUT2D eigenvalue weighted by Gasteiger charge is 2.30. The molecule has 2 aromatic rings. The second-order valence-corrected chi connectivity index (χ2v) is 9.39. The van der Waals surface area contributed by atoms with E-state index in [9.17, 15) is 13.2 Å². The maximum absolute atomic E-state index is 13.0. The molecule has 0 atom stereocenters. The Morgan fingerprint density at radius 1 is 1.11 bits per heavy atom. The third kappa shape index (κ3) is 4.76. The Bertz CT molecular complexity index is 857. The van der Waals surface area contributed by atoms with E-state index >= 15 is 0 Å². The Labute approximate surface area is 164 Å². The van der Waals surface area contributed by atoms with Crippen molar-refractivity contribution in [1.82, 2.24) is 9.21 Å². The highest BCUT2D eigenvalue weighted by atomic mass is 32.2. The smallest absolute Gasteiger partial charge is 0.264 e. The minimum Gasteiger partial charge on any atom is -0.385 e. The molecule has 1 aliphatic rings. The van der Waals surface area contributed by atoms with Crippen molar-refractivity contribution in [3.05, 3.63) is 46.7 Å². The summed E-state index contributed by atoms with van der Waals surface area (Å²) in [5.74, 6) is 0.0537. The van der Waals surface area contributed by atoms with Crippen LogP contribution in [-0.2, 0) is 14.8 Å². The Balaban J connectivity index is 1.64. The van der Waals surface area contributed by atoms with Gasteiger partial charge in [0, 0.05) is 45.5 Å². The van der Waals surface area contributed by atoms with E-state index in [2.05, 4.69) is 0 Å². The molecule has 1 fully saturated rings. The van der Waals surface area contributed by atoms with Crippen LogP contribution < -0.4 is 0 Å². The Morgan fingerprint density at radius 3 is 2.48 bits per heavy atom. The molecule has 6 nitrogen and oxygen atoms in total. The lowest BCUT2D eigenvalue weighted by atomic mass is 10.1. The van der Waals surface area contributed by atoms with Crippen LogP contribution in [0.15, 0.2) is 41.8 Å². The van der Waals surface area contributed by atoms with Gasteiger partial charge in [0.05, 0.1) is 10.6 Å². The number of sulfonamides is 1. The first-order valence-corrected chi connectivity index (χ1v) is 11.4. The third-order valence-electron chi connectivity index (χ3n) is 4.61. The molecule has 0 spiro atoms. The molecule has 8 heteroatoms. The predicted molar refractivity (Wildman–Crippen MR) is 108 cm³/mol. The number of rotatable bonds is 7. The summed E-state index contributed by atoms with van der Waals surface area (Å²) in [4.78, 5) is 15.4. The number of amides is 1. The second kappa shape index (κ2) is 8.97. The zero-order valence-corrected chi connectivity index (χ0v) is 17.0. The summed E-state index contributed by atoms with van der Waals surface area (Å²) in [7, 11) is -1.73. The van der Waals surface area contributed by atoms with Crippen molar-refractivity contribution in [3.63, 3.8) is 0 Å². The molecule has 0 aliphatic carbocycles. The second-order valence-electron chi connectivity index (χ2n) is 6.38. The number of piperazine rings is 1. The van der Waals surface area contributed by atoms with E-state index in [1.807, 2.05) is 41.8 Å². The molecule has 1 amide bonds. The normalized spacial score (nSPS) is 15.8. The average Bonchev–Trinajstić information content (AvgIpc) is 3.18. The first-order chi connectivity index (χ1) is 13.0. The lowest BCUT2D eigenvalue weighted by Crippen LogP contribution is -2.51. The summed E-state index contributed by atoms with van der Waals surface area (Å²) in [5, 5.41) is 1.92. The molecule has 1 aliphatic heterocycles. The van der Waals surface area contributed by atoms with E-state index in [0.717, 1.165) is 11.1 Å². The molecule has 2 heterocycles. The van der Waals surface area contributed by atoms with Gasteiger partial charge in [0.15, 0.2) is 0 Å². The predicted octanol–water partition coefficient (Wildman–Crippen LogP) is 2.54. The Hall–Kier alpha value is -1.74. The SMILES string of the molecule is COCCCS(=O)(=O)N1CCN(C(=O)c2sccc2-c2ccccc2)CC1. The Morgan fingerprint density at radius 2 is 1.81 bits per heavy atom. The van der Waals surface area contributed by atoms with Gasteiger partial charge in [-0.1, -0.05) is 30.3 Å². The van der Waals surface area contributed by atoms with Gasteiger partial charge in [-0.3, -0.25) is 4.79 Å². The Kier molecular flexibility index (Phi) is 6.64. The number of thiophene rings is 1. The molecular formula is C19H24N2O4S2. The highest BCUT2D eigenvalue weighted by Crippen LogP contribution is 2.29. The van der Waals surface area contributed by atoms with Gasteiger partial charge in [0.25, 0.3) is 5.91 Å². The van der Waals surface area contributed by atoms with Crippen LogP contribution in [-0.4, -0.2) is 69.2 Å². The molecule has 1 saturated heterocycles. The van der Waals surface area contributed by atoms with Crippen LogP contribution in [0.2, 0.25) is 0 Å². The number of carbonyl (C=O) groups is 1. The summed E-state index contributed by atoms with van der Waals surface area (Å²) in [6.45, 7) is 1.93. The van der Waals surface area contributed by atoms with Crippen LogP contribution in [0.3, 0.4) is 0 Å². The van der Waals surface area contributed by atoms with Gasteiger partial charge < -0.3 is 9.64 Å². The molecule has 0 saturated carbocycles. The fourth-order valence-electron chi connectivity index (χ4n) is 3.15. The molecule has 0 unspecified atom stereocenters. The summed E-state index contributed by atoms with van der Waals surface area (Å²) in [6.07, 6.45) is 0.480. The van der Waals surface area contributed by atoms with Crippen LogP contribution in [0.5, 0.6) is 0 Å². The van der Waals surface area contributed by atoms with E-state index in [1.54, 1.807) is 12.0 Å². The molecule has 1 aromatic heterocycles.